The number of anilines is 1. The molecule has 11 nitrogen and oxygen atoms in total. The Balaban J connectivity index is 1.42. The molecule has 2 aliphatic heterocycles. The van der Waals surface area contributed by atoms with Gasteiger partial charge in [-0.25, -0.2) is 4.98 Å². The molecule has 2 saturated heterocycles. The van der Waals surface area contributed by atoms with E-state index in [1.807, 2.05) is 0 Å². The molecule has 3 heterocycles. The minimum absolute atomic E-state index is 0.0407. The largest absolute Gasteiger partial charge is 0.508 e. The van der Waals surface area contributed by atoms with Crippen LogP contribution in [0.15, 0.2) is 66.4 Å². The summed E-state index contributed by atoms with van der Waals surface area (Å²) in [7, 11) is 0. The molecule has 0 bridgehead atoms. The number of allylic oxidation sites excluding steroid dienone is 2. The van der Waals surface area contributed by atoms with Gasteiger partial charge >= 0.3 is 12.1 Å². The van der Waals surface area contributed by atoms with Crippen molar-refractivity contribution in [2.45, 2.75) is 36.8 Å². The zero-order valence-corrected chi connectivity index (χ0v) is 28.8. The van der Waals surface area contributed by atoms with Crippen molar-refractivity contribution in [2.24, 2.45) is 23.7 Å². The molecule has 0 spiro atoms. The average molecular weight is 778 g/mol. The summed E-state index contributed by atoms with van der Waals surface area (Å²) in [5.74, 6) is -10.0. The van der Waals surface area contributed by atoms with E-state index in [2.05, 4.69) is 10.4 Å². The van der Waals surface area contributed by atoms with Crippen molar-refractivity contribution in [2.75, 3.05) is 12.0 Å². The molecule has 7 rings (SSSR count). The Hall–Kier alpha value is -4.66. The molecule has 17 heteroatoms. The Kier molecular flexibility index (Phi) is 8.78. The van der Waals surface area contributed by atoms with Crippen LogP contribution in [0.25, 0.3) is 0 Å². The first kappa shape index (κ1) is 35.7. The normalized spacial score (nSPS) is 27.0. The van der Waals surface area contributed by atoms with Crippen LogP contribution >= 0.6 is 34.8 Å². The summed E-state index contributed by atoms with van der Waals surface area (Å²) in [6.07, 6.45) is -3.16. The molecule has 0 radical (unpaired) electrons. The fourth-order valence-corrected chi connectivity index (χ4v) is 8.89. The molecule has 3 aromatic rings. The third-order valence-electron chi connectivity index (χ3n) is 10.5. The number of rotatable bonds is 7. The summed E-state index contributed by atoms with van der Waals surface area (Å²) in [5, 5.41) is 21.2. The number of carboxylic acids is 1. The number of phenols is 1. The van der Waals surface area contributed by atoms with Gasteiger partial charge in [0.05, 0.1) is 40.2 Å². The number of nitrogens with zero attached hydrogens (tertiary/aromatic N) is 3. The van der Waals surface area contributed by atoms with Gasteiger partial charge < -0.3 is 10.2 Å². The number of aromatic hydroxyl groups is 1. The summed E-state index contributed by atoms with van der Waals surface area (Å²) in [4.78, 5) is 73.3. The summed E-state index contributed by atoms with van der Waals surface area (Å²) in [6, 6.07) is 10.9. The lowest BCUT2D eigenvalue weighted by atomic mass is 9.49. The smallest absolute Gasteiger partial charge is 0.417 e. The number of hydrogen-bond donors (Lipinski definition) is 3. The number of nitrogens with one attached hydrogen (secondary N) is 1. The molecule has 1 saturated carbocycles. The van der Waals surface area contributed by atoms with Gasteiger partial charge in [0.15, 0.2) is 5.82 Å². The van der Waals surface area contributed by atoms with E-state index in [1.165, 1.54) is 30.3 Å². The van der Waals surface area contributed by atoms with Crippen LogP contribution in [0.4, 0.5) is 19.0 Å². The summed E-state index contributed by atoms with van der Waals surface area (Å²) >= 11 is 18.9. The minimum atomic E-state index is -4.78. The van der Waals surface area contributed by atoms with Crippen LogP contribution in [0, 0.1) is 23.7 Å². The molecule has 2 aliphatic carbocycles. The van der Waals surface area contributed by atoms with Crippen LogP contribution in [0.2, 0.25) is 15.1 Å². The number of amides is 4. The topological polar surface area (TPSA) is 157 Å². The second kappa shape index (κ2) is 12.8. The fraction of sp³-hybridized carbons (Fsp3) is 0.314. The van der Waals surface area contributed by atoms with E-state index in [1.54, 1.807) is 18.2 Å². The average Bonchev–Trinajstić information content (AvgIpc) is 3.46. The van der Waals surface area contributed by atoms with Crippen molar-refractivity contribution in [1.82, 2.24) is 14.9 Å². The van der Waals surface area contributed by atoms with Crippen LogP contribution in [0.3, 0.4) is 0 Å². The van der Waals surface area contributed by atoms with Gasteiger partial charge in [-0.3, -0.25) is 34.3 Å². The highest BCUT2D eigenvalue weighted by atomic mass is 35.5. The van der Waals surface area contributed by atoms with Crippen molar-refractivity contribution in [1.29, 1.82) is 0 Å². The lowest BCUT2D eigenvalue weighted by Crippen LogP contribution is -2.53. The van der Waals surface area contributed by atoms with Crippen molar-refractivity contribution >= 4 is 70.2 Å². The number of carbonyl (C=O) groups is 5. The predicted molar refractivity (Wildman–Crippen MR) is 179 cm³/mol. The molecule has 52 heavy (non-hydrogen) atoms. The van der Waals surface area contributed by atoms with Crippen LogP contribution < -0.4 is 5.43 Å². The number of imide groups is 2. The number of aliphatic carboxylic acids is 1. The van der Waals surface area contributed by atoms with Gasteiger partial charge in [-0.15, -0.1) is 0 Å². The van der Waals surface area contributed by atoms with Crippen molar-refractivity contribution in [3.8, 4) is 5.75 Å². The van der Waals surface area contributed by atoms with Gasteiger partial charge in [0.1, 0.15) is 5.75 Å². The molecule has 3 fully saturated rings. The number of likely N-dealkylation sites (tertiary alicyclic amines) is 1. The zero-order valence-electron chi connectivity index (χ0n) is 26.5. The molecule has 270 valence electrons. The molecular weight excluding hydrogens is 752 g/mol. The maximum atomic E-state index is 15.1. The lowest BCUT2D eigenvalue weighted by Gasteiger charge is -2.50. The van der Waals surface area contributed by atoms with E-state index in [0.717, 1.165) is 4.90 Å². The molecule has 2 aromatic carbocycles. The highest BCUT2D eigenvalue weighted by Crippen LogP contribution is 2.65. The second-order valence-corrected chi connectivity index (χ2v) is 14.4. The maximum absolute atomic E-state index is 15.1. The predicted octanol–water partition coefficient (Wildman–Crippen LogP) is 6.23. The highest BCUT2D eigenvalue weighted by Gasteiger charge is 2.70. The Morgan fingerprint density at radius 3 is 2.31 bits per heavy atom. The van der Waals surface area contributed by atoms with E-state index >= 15 is 4.79 Å². The van der Waals surface area contributed by atoms with Gasteiger partial charge in [0.25, 0.3) is 11.8 Å². The Morgan fingerprint density at radius 1 is 0.962 bits per heavy atom. The van der Waals surface area contributed by atoms with E-state index in [0.29, 0.717) is 33.4 Å². The van der Waals surface area contributed by atoms with Crippen LogP contribution in [-0.4, -0.2) is 61.2 Å². The van der Waals surface area contributed by atoms with E-state index in [-0.39, 0.29) is 35.7 Å². The summed E-state index contributed by atoms with van der Waals surface area (Å²) in [5.41, 5.74) is 0.388. The Bertz CT molecular complexity index is 2100. The van der Waals surface area contributed by atoms with E-state index < -0.39 is 93.6 Å². The molecule has 3 N–H and O–H groups in total. The minimum Gasteiger partial charge on any atom is -0.508 e. The van der Waals surface area contributed by atoms with Gasteiger partial charge in [0.2, 0.25) is 11.8 Å². The number of pyridine rings is 1. The van der Waals surface area contributed by atoms with Crippen LogP contribution in [0.5, 0.6) is 5.75 Å². The van der Waals surface area contributed by atoms with Crippen LogP contribution in [-0.2, 0) is 35.6 Å². The van der Waals surface area contributed by atoms with Gasteiger partial charge in [0, 0.05) is 34.3 Å². The number of hydrogen-bond acceptors (Lipinski definition) is 8. The second-order valence-electron chi connectivity index (χ2n) is 13.1. The number of hydrazine groups is 1. The standard InChI is InChI=1S/C35H26Cl3F3N4O7/c36-17-3-1-15(2-4-17)34-23(31(50)45(33(34)52)43-29-24(38)11-16(14-42-29)35(39,40)41)13-21-19(28(34)22-12-18(37)5-8-25(22)46)6-7-20-27(21)32(51)44(30(20)49)10-9-26(47)48/h1-6,8,11-12,14,20-21,23,27-28,46H,7,9-10,13H2,(H,42,43)(H,47,48). The Morgan fingerprint density at radius 2 is 1.65 bits per heavy atom. The number of halogens is 6. The molecule has 6 atom stereocenters. The number of alkyl halides is 3. The number of benzene rings is 2. The SMILES string of the molecule is O=C(O)CCN1C(=O)C2CC=C3C(CC4C(=O)N(Nc5ncc(C(F)(F)F)cc5Cl)C(=O)C4(c4ccc(Cl)cc4)C3c3cc(Cl)ccc3O)C2C1=O. The summed E-state index contributed by atoms with van der Waals surface area (Å²) in [6.45, 7) is -0.352. The molecule has 1 aromatic heterocycles. The summed E-state index contributed by atoms with van der Waals surface area (Å²) < 4.78 is 40.2. The Labute approximate surface area is 307 Å². The van der Waals surface area contributed by atoms with Crippen molar-refractivity contribution in [3.63, 3.8) is 0 Å². The number of phenolic OH excluding ortho intramolecular Hbond substituents is 1. The van der Waals surface area contributed by atoms with E-state index in [9.17, 15) is 42.6 Å². The first-order valence-corrected chi connectivity index (χ1v) is 17.1. The fourth-order valence-electron chi connectivity index (χ4n) is 8.38. The van der Waals surface area contributed by atoms with Crippen molar-refractivity contribution in [3.05, 3.63) is 98.1 Å². The number of aromatic nitrogens is 1. The first-order valence-electron chi connectivity index (χ1n) is 15.9. The molecular formula is C35H26Cl3F3N4O7. The first-order chi connectivity index (χ1) is 24.5. The monoisotopic (exact) mass is 776 g/mol. The van der Waals surface area contributed by atoms with Crippen LogP contribution in [0.1, 0.15) is 41.9 Å². The van der Waals surface area contributed by atoms with Gasteiger partial charge in [-0.05, 0) is 60.7 Å². The quantitative estimate of drug-likeness (QED) is 0.187. The zero-order chi connectivity index (χ0) is 37.4. The van der Waals surface area contributed by atoms with Crippen molar-refractivity contribution < 1.29 is 47.4 Å². The number of fused-ring (bicyclic) bond motifs is 4. The maximum Gasteiger partial charge on any atom is 0.417 e. The molecule has 6 unspecified atom stereocenters. The third-order valence-corrected chi connectivity index (χ3v) is 11.3. The highest BCUT2D eigenvalue weighted by molar-refractivity contribution is 6.33. The van der Waals surface area contributed by atoms with E-state index in [4.69, 9.17) is 34.8 Å². The lowest BCUT2D eigenvalue weighted by molar-refractivity contribution is -0.143. The third kappa shape index (κ3) is 5.50. The number of carboxylic acid groups (broad SMARTS) is 1. The number of carbonyl (C=O) groups excluding carboxylic acids is 4. The van der Waals surface area contributed by atoms with Gasteiger partial charge in [-0.1, -0.05) is 58.6 Å². The molecule has 4 aliphatic rings. The van der Waals surface area contributed by atoms with Gasteiger partial charge in [-0.2, -0.15) is 18.2 Å². The molecule has 4 amide bonds.